The van der Waals surface area contributed by atoms with Gasteiger partial charge in [-0.3, -0.25) is 0 Å². The summed E-state index contributed by atoms with van der Waals surface area (Å²) in [6.45, 7) is 11.3. The van der Waals surface area contributed by atoms with E-state index in [1.54, 1.807) is 6.92 Å². The van der Waals surface area contributed by atoms with Crippen LogP contribution in [0.5, 0.6) is 0 Å². The summed E-state index contributed by atoms with van der Waals surface area (Å²) < 4.78 is 0. The van der Waals surface area contributed by atoms with Crippen molar-refractivity contribution >= 4 is 11.5 Å². The van der Waals surface area contributed by atoms with Crippen LogP contribution >= 0.6 is 0 Å². The highest BCUT2D eigenvalue weighted by molar-refractivity contribution is 5.75. The summed E-state index contributed by atoms with van der Waals surface area (Å²) in [5.41, 5.74) is 6.71. The molecule has 0 bridgehead atoms. The second kappa shape index (κ2) is 6.03. The van der Waals surface area contributed by atoms with Crippen LogP contribution in [0.3, 0.4) is 0 Å². The van der Waals surface area contributed by atoms with Crippen LogP contribution in [0.25, 0.3) is 0 Å². The molecule has 100 valence electrons. The van der Waals surface area contributed by atoms with E-state index in [-0.39, 0.29) is 5.78 Å². The molecule has 0 fully saturated rings. The van der Waals surface area contributed by atoms with E-state index < -0.39 is 0 Å². The zero-order valence-corrected chi connectivity index (χ0v) is 12.6. The Morgan fingerprint density at radius 2 is 1.61 bits per heavy atom. The van der Waals surface area contributed by atoms with Crippen LogP contribution in [-0.4, -0.2) is 19.4 Å². The maximum atomic E-state index is 11.0. The fraction of sp³-hybridized carbons (Fsp3) is 0.562. The van der Waals surface area contributed by atoms with Gasteiger partial charge in [-0.2, -0.15) is 0 Å². The number of aryl methyl sites for hydroxylation is 2. The standard InChI is InChI=1S/C16H25NO/c1-11-10-12(2)15(5)16(14(11)4)17(6)9-7-8-13(3)18/h10H,7-9H2,1-6H3. The molecular weight excluding hydrogens is 222 g/mol. The highest BCUT2D eigenvalue weighted by Gasteiger charge is 2.12. The molecule has 0 N–H and O–H groups in total. The van der Waals surface area contributed by atoms with Crippen molar-refractivity contribution in [2.45, 2.75) is 47.5 Å². The van der Waals surface area contributed by atoms with Crippen molar-refractivity contribution in [2.75, 3.05) is 18.5 Å². The van der Waals surface area contributed by atoms with Crippen molar-refractivity contribution in [2.24, 2.45) is 0 Å². The highest BCUT2D eigenvalue weighted by atomic mass is 16.1. The Morgan fingerprint density at radius 3 is 2.06 bits per heavy atom. The Kier molecular flexibility index (Phi) is 4.94. The number of carbonyl (C=O) groups is 1. The third-order valence-corrected chi connectivity index (χ3v) is 3.73. The Bertz CT molecular complexity index is 423. The first-order chi connectivity index (χ1) is 8.34. The molecule has 0 amide bonds. The highest BCUT2D eigenvalue weighted by Crippen LogP contribution is 2.29. The smallest absolute Gasteiger partial charge is 0.129 e. The SMILES string of the molecule is CC(=O)CCCN(C)c1c(C)c(C)cc(C)c1C. The molecule has 0 unspecified atom stereocenters. The number of benzene rings is 1. The van der Waals surface area contributed by atoms with Crippen LogP contribution < -0.4 is 4.90 Å². The Labute approximate surface area is 111 Å². The van der Waals surface area contributed by atoms with E-state index >= 15 is 0 Å². The number of rotatable bonds is 5. The Hall–Kier alpha value is -1.31. The summed E-state index contributed by atoms with van der Waals surface area (Å²) in [5, 5.41) is 0. The number of anilines is 1. The molecule has 0 aliphatic carbocycles. The van der Waals surface area contributed by atoms with Gasteiger partial charge < -0.3 is 9.69 Å². The summed E-state index contributed by atoms with van der Waals surface area (Å²) in [7, 11) is 2.12. The van der Waals surface area contributed by atoms with Gasteiger partial charge in [-0.05, 0) is 63.3 Å². The minimum Gasteiger partial charge on any atom is -0.374 e. The van der Waals surface area contributed by atoms with E-state index in [9.17, 15) is 4.79 Å². The third-order valence-electron chi connectivity index (χ3n) is 3.73. The fourth-order valence-corrected chi connectivity index (χ4v) is 2.45. The molecule has 0 heterocycles. The number of carbonyl (C=O) groups excluding carboxylic acids is 1. The number of ketones is 1. The second-order valence-electron chi connectivity index (χ2n) is 5.34. The number of hydrogen-bond donors (Lipinski definition) is 0. The molecule has 2 heteroatoms. The van der Waals surface area contributed by atoms with Gasteiger partial charge in [-0.25, -0.2) is 0 Å². The van der Waals surface area contributed by atoms with Crippen LogP contribution in [0.15, 0.2) is 6.07 Å². The molecule has 1 aromatic rings. The van der Waals surface area contributed by atoms with Crippen molar-refractivity contribution in [3.8, 4) is 0 Å². The summed E-state index contributed by atoms with van der Waals surface area (Å²) in [6, 6.07) is 2.25. The van der Waals surface area contributed by atoms with E-state index in [4.69, 9.17) is 0 Å². The maximum absolute atomic E-state index is 11.0. The van der Waals surface area contributed by atoms with E-state index in [0.717, 1.165) is 13.0 Å². The molecule has 0 aliphatic heterocycles. The summed E-state index contributed by atoms with van der Waals surface area (Å²) in [6.07, 6.45) is 1.60. The number of hydrogen-bond acceptors (Lipinski definition) is 2. The average molecular weight is 247 g/mol. The molecule has 1 aromatic carbocycles. The first-order valence-corrected chi connectivity index (χ1v) is 6.62. The van der Waals surface area contributed by atoms with Gasteiger partial charge in [-0.15, -0.1) is 0 Å². The predicted octanol–water partition coefficient (Wildman–Crippen LogP) is 3.73. The topological polar surface area (TPSA) is 20.3 Å². The van der Waals surface area contributed by atoms with Crippen LogP contribution in [-0.2, 0) is 4.79 Å². The molecule has 0 aliphatic rings. The summed E-state index contributed by atoms with van der Waals surface area (Å²) >= 11 is 0. The van der Waals surface area contributed by atoms with Crippen LogP contribution in [0.4, 0.5) is 5.69 Å². The van der Waals surface area contributed by atoms with Gasteiger partial charge in [0, 0.05) is 25.7 Å². The largest absolute Gasteiger partial charge is 0.374 e. The van der Waals surface area contributed by atoms with Crippen LogP contribution in [0, 0.1) is 27.7 Å². The quantitative estimate of drug-likeness (QED) is 0.790. The second-order valence-corrected chi connectivity index (χ2v) is 5.34. The zero-order chi connectivity index (χ0) is 13.9. The van der Waals surface area contributed by atoms with Crippen molar-refractivity contribution < 1.29 is 4.79 Å². The minimum absolute atomic E-state index is 0.275. The van der Waals surface area contributed by atoms with Crippen molar-refractivity contribution in [3.05, 3.63) is 28.3 Å². The van der Waals surface area contributed by atoms with Crippen molar-refractivity contribution in [3.63, 3.8) is 0 Å². The molecule has 2 nitrogen and oxygen atoms in total. The maximum Gasteiger partial charge on any atom is 0.129 e. The van der Waals surface area contributed by atoms with Gasteiger partial charge in [0.15, 0.2) is 0 Å². The molecule has 18 heavy (non-hydrogen) atoms. The lowest BCUT2D eigenvalue weighted by molar-refractivity contribution is -0.117. The van der Waals surface area contributed by atoms with E-state index in [1.807, 2.05) is 0 Å². The minimum atomic E-state index is 0.275. The van der Waals surface area contributed by atoms with Gasteiger partial charge in [0.1, 0.15) is 5.78 Å². The lowest BCUT2D eigenvalue weighted by Gasteiger charge is -2.26. The van der Waals surface area contributed by atoms with Gasteiger partial charge in [0.2, 0.25) is 0 Å². The molecular formula is C16H25NO. The number of nitrogens with zero attached hydrogens (tertiary/aromatic N) is 1. The molecule has 0 atom stereocenters. The first-order valence-electron chi connectivity index (χ1n) is 6.62. The molecule has 0 spiro atoms. The first kappa shape index (κ1) is 14.7. The molecule has 0 radical (unpaired) electrons. The van der Waals surface area contributed by atoms with E-state index in [1.165, 1.54) is 27.9 Å². The summed E-state index contributed by atoms with van der Waals surface area (Å²) in [4.78, 5) is 13.3. The molecule has 1 rings (SSSR count). The summed E-state index contributed by atoms with van der Waals surface area (Å²) in [5.74, 6) is 0.275. The molecule has 0 aromatic heterocycles. The average Bonchev–Trinajstić information content (AvgIpc) is 2.26. The van der Waals surface area contributed by atoms with E-state index in [2.05, 4.69) is 45.7 Å². The van der Waals surface area contributed by atoms with Crippen molar-refractivity contribution in [1.82, 2.24) is 0 Å². The van der Waals surface area contributed by atoms with Crippen molar-refractivity contribution in [1.29, 1.82) is 0 Å². The Morgan fingerprint density at radius 1 is 1.11 bits per heavy atom. The zero-order valence-electron chi connectivity index (χ0n) is 12.6. The number of Topliss-reactive ketones (excluding diaryl/α,β-unsaturated/α-hetero) is 1. The Balaban J connectivity index is 2.91. The predicted molar refractivity (Wildman–Crippen MR) is 78.6 cm³/mol. The lowest BCUT2D eigenvalue weighted by atomic mass is 9.98. The molecule has 0 saturated carbocycles. The van der Waals surface area contributed by atoms with Gasteiger partial charge in [-0.1, -0.05) is 6.07 Å². The lowest BCUT2D eigenvalue weighted by Crippen LogP contribution is -2.21. The van der Waals surface area contributed by atoms with E-state index in [0.29, 0.717) is 6.42 Å². The van der Waals surface area contributed by atoms with Crippen LogP contribution in [0.2, 0.25) is 0 Å². The fourth-order valence-electron chi connectivity index (χ4n) is 2.45. The van der Waals surface area contributed by atoms with Gasteiger partial charge in [0.05, 0.1) is 0 Å². The van der Waals surface area contributed by atoms with Gasteiger partial charge in [0.25, 0.3) is 0 Å². The monoisotopic (exact) mass is 247 g/mol. The third kappa shape index (κ3) is 3.34. The van der Waals surface area contributed by atoms with Crippen LogP contribution in [0.1, 0.15) is 42.0 Å². The normalized spacial score (nSPS) is 10.6. The van der Waals surface area contributed by atoms with Gasteiger partial charge >= 0.3 is 0 Å². The molecule has 0 saturated heterocycles.